The highest BCUT2D eigenvalue weighted by Crippen LogP contribution is 2.44. The Hall–Kier alpha value is -5.02. The van der Waals surface area contributed by atoms with Crippen LogP contribution in [0.15, 0.2) is 48.5 Å². The van der Waals surface area contributed by atoms with Crippen molar-refractivity contribution in [3.05, 3.63) is 59.7 Å². The normalized spacial score (nSPS) is 22.6. The summed E-state index contributed by atoms with van der Waals surface area (Å²) in [6, 6.07) is 13.7. The van der Waals surface area contributed by atoms with E-state index in [0.29, 0.717) is 0 Å². The average Bonchev–Trinajstić information content (AvgIpc) is 3.33. The van der Waals surface area contributed by atoms with E-state index in [-0.39, 0.29) is 12.5 Å². The molecule has 4 rings (SSSR count). The monoisotopic (exact) mass is 671 g/mol. The van der Waals surface area contributed by atoms with Gasteiger partial charge in [-0.2, -0.15) is 0 Å². The van der Waals surface area contributed by atoms with E-state index in [9.17, 15) is 33.9 Å². The van der Waals surface area contributed by atoms with E-state index in [4.69, 9.17) is 33.2 Å². The van der Waals surface area contributed by atoms with Gasteiger partial charge in [-0.1, -0.05) is 48.5 Å². The minimum atomic E-state index is -1.72. The smallest absolute Gasteiger partial charge is 0.407 e. The molecule has 2 aromatic carbocycles. The quantitative estimate of drug-likeness (QED) is 0.246. The van der Waals surface area contributed by atoms with Crippen molar-refractivity contribution in [3.8, 4) is 11.1 Å². The molecule has 15 nitrogen and oxygen atoms in total. The van der Waals surface area contributed by atoms with Gasteiger partial charge in [0.25, 0.3) is 0 Å². The van der Waals surface area contributed by atoms with Gasteiger partial charge in [0.15, 0.2) is 30.6 Å². The Morgan fingerprint density at radius 3 is 1.77 bits per heavy atom. The van der Waals surface area contributed by atoms with E-state index in [1.165, 1.54) is 6.92 Å². The van der Waals surface area contributed by atoms with Crippen molar-refractivity contribution in [2.24, 2.45) is 0 Å². The number of ether oxygens (including phenoxy) is 7. The maximum absolute atomic E-state index is 13.0. The highest BCUT2D eigenvalue weighted by molar-refractivity contribution is 5.81. The number of rotatable bonds is 12. The summed E-state index contributed by atoms with van der Waals surface area (Å²) in [5.41, 5.74) is 3.94. The predicted octanol–water partition coefficient (Wildman–Crippen LogP) is 2.47. The summed E-state index contributed by atoms with van der Waals surface area (Å²) in [5, 5.41) is 12.3. The fourth-order valence-electron chi connectivity index (χ4n) is 5.74. The van der Waals surface area contributed by atoms with Crippen LogP contribution in [-0.2, 0) is 57.1 Å². The van der Waals surface area contributed by atoms with Gasteiger partial charge in [-0.05, 0) is 29.2 Å². The highest BCUT2D eigenvalue weighted by atomic mass is 16.7. The number of amides is 1. The predicted molar refractivity (Wildman–Crippen MR) is 162 cm³/mol. The number of alkyl carbamates (subject to hydrolysis) is 1. The molecular weight excluding hydrogens is 634 g/mol. The van der Waals surface area contributed by atoms with Gasteiger partial charge in [0.1, 0.15) is 19.3 Å². The van der Waals surface area contributed by atoms with Gasteiger partial charge in [0.2, 0.25) is 0 Å². The fraction of sp³-hybridized carbons (Fsp3) is 0.455. The number of benzene rings is 2. The minimum Gasteiger partial charge on any atom is -0.480 e. The number of carbonyl (C=O) groups is 6. The summed E-state index contributed by atoms with van der Waals surface area (Å²) in [7, 11) is 0. The third-order valence-electron chi connectivity index (χ3n) is 7.65. The molecule has 0 radical (unpaired) electrons. The van der Waals surface area contributed by atoms with E-state index >= 15 is 0 Å². The molecule has 2 aromatic rings. The largest absolute Gasteiger partial charge is 0.480 e. The van der Waals surface area contributed by atoms with Crippen LogP contribution in [-0.4, -0.2) is 97.1 Å². The second-order valence-corrected chi connectivity index (χ2v) is 11.2. The van der Waals surface area contributed by atoms with Gasteiger partial charge in [0.05, 0.1) is 6.10 Å². The van der Waals surface area contributed by atoms with Crippen molar-refractivity contribution >= 4 is 35.9 Å². The van der Waals surface area contributed by atoms with Gasteiger partial charge in [-0.15, -0.1) is 0 Å². The standard InChI is InChI=1S/C33H37NO14/c1-16(27(31(39)40)34-33(41)43-14-25-23-12-8-6-10-21(23)22-11-7-9-13-24(22)25)44-32-30(47-20(5)38)29(46-19(4)37)28(45-18(3)36)26(48-32)15-42-17(2)35/h6-13,16,25-30,32H,14-15H2,1-5H3,(H,34,41)(H,39,40)/t16-,26+,27+,28+,29-,30+,32+/m0/s1. The summed E-state index contributed by atoms with van der Waals surface area (Å²) < 4.78 is 38.3. The maximum Gasteiger partial charge on any atom is 0.407 e. The lowest BCUT2D eigenvalue weighted by molar-refractivity contribution is -0.316. The number of fused-ring (bicyclic) bond motifs is 3. The Balaban J connectivity index is 1.52. The van der Waals surface area contributed by atoms with Crippen LogP contribution in [0.25, 0.3) is 11.1 Å². The first-order valence-corrected chi connectivity index (χ1v) is 15.1. The zero-order chi connectivity index (χ0) is 35.1. The number of carbonyl (C=O) groups excluding carboxylic acids is 5. The summed E-state index contributed by atoms with van der Waals surface area (Å²) >= 11 is 0. The number of hydrogen-bond donors (Lipinski definition) is 2. The van der Waals surface area contributed by atoms with Crippen LogP contribution < -0.4 is 5.32 Å². The number of nitrogens with one attached hydrogen (secondary N) is 1. The van der Waals surface area contributed by atoms with Crippen molar-refractivity contribution in [1.82, 2.24) is 5.32 Å². The van der Waals surface area contributed by atoms with Crippen LogP contribution in [0.2, 0.25) is 0 Å². The molecule has 0 spiro atoms. The first-order valence-electron chi connectivity index (χ1n) is 15.1. The summed E-state index contributed by atoms with van der Waals surface area (Å²) in [4.78, 5) is 73.0. The number of carboxylic acids is 1. The van der Waals surface area contributed by atoms with Gasteiger partial charge in [0, 0.05) is 33.6 Å². The summed E-state index contributed by atoms with van der Waals surface area (Å²) in [6.07, 6.45) is -9.95. The van der Waals surface area contributed by atoms with Crippen LogP contribution in [0.4, 0.5) is 4.79 Å². The molecule has 48 heavy (non-hydrogen) atoms. The Labute approximate surface area is 275 Å². The van der Waals surface area contributed by atoms with Crippen LogP contribution >= 0.6 is 0 Å². The molecule has 1 aliphatic carbocycles. The fourth-order valence-corrected chi connectivity index (χ4v) is 5.74. The zero-order valence-corrected chi connectivity index (χ0v) is 26.9. The average molecular weight is 672 g/mol. The third kappa shape index (κ3) is 8.66. The summed E-state index contributed by atoms with van der Waals surface area (Å²) in [5.74, 6) is -5.03. The van der Waals surface area contributed by atoms with Crippen molar-refractivity contribution in [3.63, 3.8) is 0 Å². The molecule has 2 aliphatic rings. The SMILES string of the molecule is CC(=O)OC[C@H]1O[C@@H](O[C@@H](C)[C@@H](NC(=O)OCC2c3ccccc3-c3ccccc32)C(=O)O)[C@H](OC(C)=O)[C@@H](OC(C)=O)[C@@H]1OC(C)=O. The highest BCUT2D eigenvalue weighted by Gasteiger charge is 2.53. The molecule has 1 aliphatic heterocycles. The lowest BCUT2D eigenvalue weighted by Gasteiger charge is -2.44. The second-order valence-electron chi connectivity index (χ2n) is 11.2. The van der Waals surface area contributed by atoms with Gasteiger partial charge in [-0.3, -0.25) is 19.2 Å². The Bertz CT molecular complexity index is 1500. The maximum atomic E-state index is 13.0. The van der Waals surface area contributed by atoms with E-state index in [0.717, 1.165) is 49.9 Å². The first-order chi connectivity index (χ1) is 22.8. The molecule has 7 atom stereocenters. The molecule has 0 bridgehead atoms. The Morgan fingerprint density at radius 2 is 1.25 bits per heavy atom. The molecule has 0 saturated carbocycles. The van der Waals surface area contributed by atoms with Crippen molar-refractivity contribution in [1.29, 1.82) is 0 Å². The number of carboxylic acid groups (broad SMARTS) is 1. The lowest BCUT2D eigenvalue weighted by Crippen LogP contribution is -2.64. The molecule has 2 N–H and O–H groups in total. The van der Waals surface area contributed by atoms with Crippen molar-refractivity contribution < 1.29 is 67.0 Å². The Kier molecular flexibility index (Phi) is 11.7. The molecule has 15 heteroatoms. The minimum absolute atomic E-state index is 0.0822. The van der Waals surface area contributed by atoms with Gasteiger partial charge < -0.3 is 43.6 Å². The molecule has 0 aromatic heterocycles. The number of esters is 4. The molecular formula is C33H37NO14. The zero-order valence-electron chi connectivity index (χ0n) is 26.9. The van der Waals surface area contributed by atoms with Crippen LogP contribution in [0, 0.1) is 0 Å². The summed E-state index contributed by atoms with van der Waals surface area (Å²) in [6.45, 7) is 5.02. The molecule has 258 valence electrons. The molecule has 1 saturated heterocycles. The first kappa shape index (κ1) is 35.8. The van der Waals surface area contributed by atoms with E-state index in [1.54, 1.807) is 0 Å². The second kappa shape index (κ2) is 15.7. The number of aliphatic carboxylic acids is 1. The molecule has 1 heterocycles. The molecule has 1 fully saturated rings. The van der Waals surface area contributed by atoms with Crippen LogP contribution in [0.1, 0.15) is 51.7 Å². The van der Waals surface area contributed by atoms with E-state index in [1.807, 2.05) is 48.5 Å². The van der Waals surface area contributed by atoms with Crippen molar-refractivity contribution in [2.75, 3.05) is 13.2 Å². The number of hydrogen-bond acceptors (Lipinski definition) is 13. The molecule has 1 amide bonds. The van der Waals surface area contributed by atoms with Gasteiger partial charge in [-0.25, -0.2) is 9.59 Å². The molecule has 0 unspecified atom stereocenters. The lowest BCUT2D eigenvalue weighted by atomic mass is 9.98. The van der Waals surface area contributed by atoms with Gasteiger partial charge >= 0.3 is 35.9 Å². The third-order valence-corrected chi connectivity index (χ3v) is 7.65. The Morgan fingerprint density at radius 1 is 0.729 bits per heavy atom. The van der Waals surface area contributed by atoms with Crippen LogP contribution in [0.5, 0.6) is 0 Å². The van der Waals surface area contributed by atoms with E-state index in [2.05, 4.69) is 5.32 Å². The topological polar surface area (TPSA) is 199 Å². The van der Waals surface area contributed by atoms with Crippen LogP contribution in [0.3, 0.4) is 0 Å². The van der Waals surface area contributed by atoms with Crippen molar-refractivity contribution in [2.45, 2.75) is 83.4 Å². The van der Waals surface area contributed by atoms with E-state index < -0.39 is 85.4 Å².